The number of aliphatic carboxylic acids is 2. The van der Waals surface area contributed by atoms with E-state index in [-0.39, 0.29) is 6.04 Å². The van der Waals surface area contributed by atoms with Crippen LogP contribution in [0.2, 0.25) is 19.6 Å². The molecular weight excluding hydrogens is 276 g/mol. The Hall–Kier alpha value is -0.923. The quantitative estimate of drug-likeness (QED) is 0.578. The van der Waals surface area contributed by atoms with Crippen molar-refractivity contribution in [2.45, 2.75) is 56.5 Å². The van der Waals surface area contributed by atoms with Crippen LogP contribution in [0.25, 0.3) is 0 Å². The summed E-state index contributed by atoms with van der Waals surface area (Å²) in [4.78, 5) is 21.3. The molecule has 0 aromatic carbocycles. The minimum Gasteiger partial charge on any atom is -0.480 e. The Morgan fingerprint density at radius 3 is 2.00 bits per heavy atom. The second-order valence-electron chi connectivity index (χ2n) is 6.48. The molecule has 0 spiro atoms. The van der Waals surface area contributed by atoms with Gasteiger partial charge in [-0.25, -0.2) is 0 Å². The maximum Gasteiger partial charge on any atom is 0.320 e. The van der Waals surface area contributed by atoms with Crippen LogP contribution in [-0.2, 0) is 9.59 Å². The van der Waals surface area contributed by atoms with E-state index in [2.05, 4.69) is 30.3 Å². The average Bonchev–Trinajstić information content (AvgIpc) is 3.01. The van der Waals surface area contributed by atoms with Gasteiger partial charge in [0.2, 0.25) is 0 Å². The van der Waals surface area contributed by atoms with Crippen molar-refractivity contribution in [1.29, 1.82) is 0 Å². The van der Waals surface area contributed by atoms with Gasteiger partial charge in [0.25, 0.3) is 0 Å². The van der Waals surface area contributed by atoms with Crippen LogP contribution >= 0.6 is 0 Å². The summed E-state index contributed by atoms with van der Waals surface area (Å²) in [6.45, 7) is 8.05. The Morgan fingerprint density at radius 1 is 1.15 bits per heavy atom. The van der Waals surface area contributed by atoms with E-state index < -0.39 is 25.2 Å². The van der Waals surface area contributed by atoms with Gasteiger partial charge < -0.3 is 20.8 Å². The van der Waals surface area contributed by atoms with Gasteiger partial charge in [0.1, 0.15) is 11.2 Å². The van der Waals surface area contributed by atoms with E-state index in [4.69, 9.17) is 5.11 Å². The number of carbonyl (C=O) groups is 2. The van der Waals surface area contributed by atoms with E-state index in [0.29, 0.717) is 0 Å². The summed E-state index contributed by atoms with van der Waals surface area (Å²) in [6.07, 6.45) is 3.58. The van der Waals surface area contributed by atoms with E-state index in [0.717, 1.165) is 38.8 Å². The summed E-state index contributed by atoms with van der Waals surface area (Å²) in [6, 6.07) is -0.269. The number of nitrogens with one attached hydrogen (secondary N) is 2. The fourth-order valence-corrected chi connectivity index (χ4v) is 5.01. The van der Waals surface area contributed by atoms with Crippen molar-refractivity contribution < 1.29 is 19.8 Å². The Kier molecular flexibility index (Phi) is 5.73. The summed E-state index contributed by atoms with van der Waals surface area (Å²) < 4.78 is 0. The Bertz CT molecular complexity index is 356. The lowest BCUT2D eigenvalue weighted by molar-refractivity contribution is -0.141. The first-order valence-electron chi connectivity index (χ1n) is 7.15. The molecule has 0 aromatic heterocycles. The molecule has 0 aliphatic carbocycles. The molecule has 2 rings (SSSR count). The lowest BCUT2D eigenvalue weighted by Crippen LogP contribution is -2.64. The SMILES string of the molecule is C[Si](C)(C)[C@@]1(C(=O)O)CCCN1.O=C(O)[C@@H]1CCCN1. The highest BCUT2D eigenvalue weighted by atomic mass is 28.3. The summed E-state index contributed by atoms with van der Waals surface area (Å²) in [5.74, 6) is -1.37. The topological polar surface area (TPSA) is 98.7 Å². The molecule has 0 radical (unpaired) electrons. The summed E-state index contributed by atoms with van der Waals surface area (Å²) in [5, 5.41) is 23.0. The normalized spacial score (nSPS) is 29.6. The van der Waals surface area contributed by atoms with Crippen LogP contribution in [0.3, 0.4) is 0 Å². The summed E-state index contributed by atoms with van der Waals surface area (Å²) in [5.41, 5.74) is 0. The van der Waals surface area contributed by atoms with E-state index >= 15 is 0 Å². The molecule has 6 nitrogen and oxygen atoms in total. The molecule has 2 atom stereocenters. The van der Waals surface area contributed by atoms with E-state index in [9.17, 15) is 14.7 Å². The fourth-order valence-electron chi connectivity index (χ4n) is 2.78. The van der Waals surface area contributed by atoms with Crippen molar-refractivity contribution in [2.24, 2.45) is 0 Å². The van der Waals surface area contributed by atoms with Gasteiger partial charge in [-0.2, -0.15) is 0 Å². The molecule has 2 fully saturated rings. The van der Waals surface area contributed by atoms with Gasteiger partial charge in [0.15, 0.2) is 0 Å². The van der Waals surface area contributed by atoms with Crippen LogP contribution in [0.4, 0.5) is 0 Å². The third kappa shape index (κ3) is 3.80. The standard InChI is InChI=1S/C8H17NO2Si.C5H9NO2/c1-12(2,3)8(7(10)11)5-4-6-9-8;7-5(8)4-2-1-3-6-4/h9H,4-6H2,1-3H3,(H,10,11);4,6H,1-3H2,(H,7,8)/t8-;4-/m10/s1. The van der Waals surface area contributed by atoms with Crippen molar-refractivity contribution >= 4 is 20.0 Å². The van der Waals surface area contributed by atoms with Gasteiger partial charge >= 0.3 is 11.9 Å². The minimum absolute atomic E-state index is 0.269. The van der Waals surface area contributed by atoms with Crippen LogP contribution in [0.15, 0.2) is 0 Å². The highest BCUT2D eigenvalue weighted by molar-refractivity contribution is 6.82. The molecular formula is C13H26N2O4Si. The first kappa shape index (κ1) is 17.1. The molecule has 2 aliphatic heterocycles. The maximum atomic E-state index is 11.1. The van der Waals surface area contributed by atoms with Crippen molar-refractivity contribution in [3.8, 4) is 0 Å². The average molecular weight is 302 g/mol. The molecule has 4 N–H and O–H groups in total. The minimum atomic E-state index is -1.65. The number of rotatable bonds is 3. The van der Waals surface area contributed by atoms with Crippen molar-refractivity contribution in [2.75, 3.05) is 13.1 Å². The predicted molar refractivity (Wildman–Crippen MR) is 79.6 cm³/mol. The van der Waals surface area contributed by atoms with Crippen LogP contribution in [-0.4, -0.2) is 54.5 Å². The van der Waals surface area contributed by atoms with Crippen molar-refractivity contribution in [3.63, 3.8) is 0 Å². The fraction of sp³-hybridized carbons (Fsp3) is 0.846. The van der Waals surface area contributed by atoms with E-state index in [1.165, 1.54) is 0 Å². The predicted octanol–water partition coefficient (Wildman–Crippen LogP) is 0.894. The maximum absolute atomic E-state index is 11.1. The Balaban J connectivity index is 0.000000217. The third-order valence-corrected chi connectivity index (χ3v) is 7.36. The molecule has 2 heterocycles. The third-order valence-electron chi connectivity index (χ3n) is 4.16. The van der Waals surface area contributed by atoms with Gasteiger partial charge in [-0.1, -0.05) is 19.6 Å². The van der Waals surface area contributed by atoms with Crippen LogP contribution < -0.4 is 10.6 Å². The lowest BCUT2D eigenvalue weighted by atomic mass is 10.2. The highest BCUT2D eigenvalue weighted by Crippen LogP contribution is 2.30. The first-order chi connectivity index (χ1) is 9.21. The number of carboxylic acid groups (broad SMARTS) is 2. The Morgan fingerprint density at radius 2 is 1.80 bits per heavy atom. The number of carboxylic acids is 2. The van der Waals surface area contributed by atoms with Gasteiger partial charge in [0, 0.05) is 0 Å². The molecule has 0 saturated carbocycles. The molecule has 116 valence electrons. The molecule has 2 saturated heterocycles. The van der Waals surface area contributed by atoms with Crippen molar-refractivity contribution in [1.82, 2.24) is 10.6 Å². The summed E-state index contributed by atoms with van der Waals surface area (Å²) in [7, 11) is -1.65. The van der Waals surface area contributed by atoms with Crippen LogP contribution in [0.5, 0.6) is 0 Å². The molecule has 20 heavy (non-hydrogen) atoms. The van der Waals surface area contributed by atoms with Crippen LogP contribution in [0, 0.1) is 0 Å². The smallest absolute Gasteiger partial charge is 0.320 e. The molecule has 0 unspecified atom stereocenters. The first-order valence-corrected chi connectivity index (χ1v) is 10.7. The zero-order valence-electron chi connectivity index (χ0n) is 12.5. The zero-order valence-corrected chi connectivity index (χ0v) is 13.5. The molecule has 2 aliphatic rings. The zero-order chi connectivity index (χ0) is 15.4. The molecule has 7 heteroatoms. The molecule has 0 aromatic rings. The van der Waals surface area contributed by atoms with Crippen molar-refractivity contribution in [3.05, 3.63) is 0 Å². The second-order valence-corrected chi connectivity index (χ2v) is 11.8. The van der Waals surface area contributed by atoms with Gasteiger partial charge in [-0.05, 0) is 38.8 Å². The molecule has 0 amide bonds. The number of hydrogen-bond acceptors (Lipinski definition) is 4. The Labute approximate surface area is 121 Å². The monoisotopic (exact) mass is 302 g/mol. The largest absolute Gasteiger partial charge is 0.480 e. The number of hydrogen-bond donors (Lipinski definition) is 4. The van der Waals surface area contributed by atoms with E-state index in [1.54, 1.807) is 0 Å². The highest BCUT2D eigenvalue weighted by Gasteiger charge is 2.51. The van der Waals surface area contributed by atoms with Crippen LogP contribution in [0.1, 0.15) is 25.7 Å². The molecule has 0 bridgehead atoms. The van der Waals surface area contributed by atoms with Gasteiger partial charge in [-0.15, -0.1) is 0 Å². The van der Waals surface area contributed by atoms with Gasteiger partial charge in [0.05, 0.1) is 8.07 Å². The summed E-state index contributed by atoms with van der Waals surface area (Å²) >= 11 is 0. The lowest BCUT2D eigenvalue weighted by Gasteiger charge is -2.36. The van der Waals surface area contributed by atoms with E-state index in [1.807, 2.05) is 0 Å². The van der Waals surface area contributed by atoms with Gasteiger partial charge in [-0.3, -0.25) is 9.59 Å². The second kappa shape index (κ2) is 6.69.